The first-order valence-corrected chi connectivity index (χ1v) is 6.92. The molecular formula is C15H13N3S. The minimum Gasteiger partial charge on any atom is -0.351 e. The van der Waals surface area contributed by atoms with Crippen LogP contribution in [0.15, 0.2) is 66.4 Å². The van der Waals surface area contributed by atoms with Crippen LogP contribution < -0.4 is 5.32 Å². The number of aromatic nitrogens is 2. The molecule has 0 aliphatic rings. The Morgan fingerprint density at radius 2 is 1.63 bits per heavy atom. The molecule has 1 N–H and O–H groups in total. The van der Waals surface area contributed by atoms with Crippen molar-refractivity contribution in [3.8, 4) is 0 Å². The molecule has 1 atom stereocenters. The summed E-state index contributed by atoms with van der Waals surface area (Å²) in [4.78, 5) is 8.38. The fraction of sp³-hybridized carbons (Fsp3) is 0.0667. The van der Waals surface area contributed by atoms with Crippen LogP contribution in [-0.4, -0.2) is 9.97 Å². The van der Waals surface area contributed by atoms with Crippen molar-refractivity contribution in [3.05, 3.63) is 77.6 Å². The van der Waals surface area contributed by atoms with E-state index in [0.29, 0.717) is 0 Å². The van der Waals surface area contributed by atoms with Gasteiger partial charge in [-0.25, -0.2) is 4.98 Å². The van der Waals surface area contributed by atoms with Gasteiger partial charge in [0.15, 0.2) is 5.13 Å². The van der Waals surface area contributed by atoms with Gasteiger partial charge in [-0.1, -0.05) is 30.3 Å². The Bertz CT molecular complexity index is 569. The highest BCUT2D eigenvalue weighted by Gasteiger charge is 2.14. The SMILES string of the molecule is c1ccc(C(Nc2nccs2)c2ccncc2)cc1. The summed E-state index contributed by atoms with van der Waals surface area (Å²) in [6.45, 7) is 0. The smallest absolute Gasteiger partial charge is 0.183 e. The quantitative estimate of drug-likeness (QED) is 0.782. The lowest BCUT2D eigenvalue weighted by atomic mass is 10.00. The van der Waals surface area contributed by atoms with Gasteiger partial charge in [-0.2, -0.15) is 0 Å². The zero-order valence-corrected chi connectivity index (χ0v) is 11.0. The van der Waals surface area contributed by atoms with Crippen molar-refractivity contribution >= 4 is 16.5 Å². The van der Waals surface area contributed by atoms with E-state index in [1.54, 1.807) is 11.3 Å². The normalized spacial score (nSPS) is 12.0. The molecule has 0 aliphatic heterocycles. The highest BCUT2D eigenvalue weighted by Crippen LogP contribution is 2.26. The van der Waals surface area contributed by atoms with Gasteiger partial charge in [-0.15, -0.1) is 11.3 Å². The first kappa shape index (κ1) is 11.9. The van der Waals surface area contributed by atoms with Crippen LogP contribution in [0.1, 0.15) is 17.2 Å². The number of nitrogens with zero attached hydrogens (tertiary/aromatic N) is 2. The van der Waals surface area contributed by atoms with Crippen LogP contribution in [0.5, 0.6) is 0 Å². The minimum atomic E-state index is 0.0929. The molecule has 19 heavy (non-hydrogen) atoms. The summed E-state index contributed by atoms with van der Waals surface area (Å²) in [6, 6.07) is 14.5. The Morgan fingerprint density at radius 1 is 0.895 bits per heavy atom. The standard InChI is InChI=1S/C15H13N3S/c1-2-4-12(5-3-1)14(13-6-8-16-9-7-13)18-15-17-10-11-19-15/h1-11,14H,(H,17,18). The number of anilines is 1. The number of hydrogen-bond donors (Lipinski definition) is 1. The zero-order chi connectivity index (χ0) is 12.9. The summed E-state index contributed by atoms with van der Waals surface area (Å²) in [5, 5.41) is 6.36. The van der Waals surface area contributed by atoms with Crippen LogP contribution in [0.3, 0.4) is 0 Å². The molecule has 0 fully saturated rings. The van der Waals surface area contributed by atoms with E-state index in [2.05, 4.69) is 27.4 Å². The summed E-state index contributed by atoms with van der Waals surface area (Å²) in [5.74, 6) is 0. The molecule has 3 aromatic rings. The van der Waals surface area contributed by atoms with Crippen molar-refractivity contribution in [1.29, 1.82) is 0 Å². The largest absolute Gasteiger partial charge is 0.351 e. The van der Waals surface area contributed by atoms with Gasteiger partial charge < -0.3 is 5.32 Å². The van der Waals surface area contributed by atoms with Crippen LogP contribution in [-0.2, 0) is 0 Å². The Balaban J connectivity index is 1.96. The molecule has 0 radical (unpaired) electrons. The van der Waals surface area contributed by atoms with Crippen molar-refractivity contribution in [2.75, 3.05) is 5.32 Å². The topological polar surface area (TPSA) is 37.8 Å². The van der Waals surface area contributed by atoms with Crippen LogP contribution in [0.2, 0.25) is 0 Å². The van der Waals surface area contributed by atoms with E-state index in [1.165, 1.54) is 11.1 Å². The highest BCUT2D eigenvalue weighted by molar-refractivity contribution is 7.13. The molecule has 0 saturated heterocycles. The summed E-state index contributed by atoms with van der Waals surface area (Å²) < 4.78 is 0. The fourth-order valence-corrected chi connectivity index (χ4v) is 2.54. The van der Waals surface area contributed by atoms with E-state index in [0.717, 1.165) is 5.13 Å². The molecule has 0 spiro atoms. The van der Waals surface area contributed by atoms with Gasteiger partial charge in [0.05, 0.1) is 6.04 Å². The second kappa shape index (κ2) is 5.63. The highest BCUT2D eigenvalue weighted by atomic mass is 32.1. The van der Waals surface area contributed by atoms with E-state index >= 15 is 0 Å². The molecule has 0 aliphatic carbocycles. The Morgan fingerprint density at radius 3 is 2.32 bits per heavy atom. The van der Waals surface area contributed by atoms with Crippen molar-refractivity contribution in [2.45, 2.75) is 6.04 Å². The summed E-state index contributed by atoms with van der Waals surface area (Å²) in [6.07, 6.45) is 5.44. The van der Waals surface area contributed by atoms with E-state index in [4.69, 9.17) is 0 Å². The lowest BCUT2D eigenvalue weighted by Gasteiger charge is -2.19. The minimum absolute atomic E-state index is 0.0929. The third-order valence-electron chi connectivity index (χ3n) is 2.87. The average Bonchev–Trinajstić information content (AvgIpc) is 3.00. The van der Waals surface area contributed by atoms with Gasteiger partial charge in [0.2, 0.25) is 0 Å². The van der Waals surface area contributed by atoms with Crippen molar-refractivity contribution in [3.63, 3.8) is 0 Å². The molecule has 4 heteroatoms. The Kier molecular flexibility index (Phi) is 3.51. The van der Waals surface area contributed by atoms with Gasteiger partial charge in [0.1, 0.15) is 0 Å². The molecule has 2 aromatic heterocycles. The molecular weight excluding hydrogens is 254 g/mol. The number of benzene rings is 1. The first-order valence-electron chi connectivity index (χ1n) is 6.04. The maximum absolute atomic E-state index is 4.30. The molecule has 1 unspecified atom stereocenters. The summed E-state index contributed by atoms with van der Waals surface area (Å²) in [5.41, 5.74) is 2.39. The molecule has 0 bridgehead atoms. The molecule has 3 rings (SSSR count). The monoisotopic (exact) mass is 267 g/mol. The second-order valence-electron chi connectivity index (χ2n) is 4.11. The molecule has 3 nitrogen and oxygen atoms in total. The van der Waals surface area contributed by atoms with Gasteiger partial charge in [0.25, 0.3) is 0 Å². The van der Waals surface area contributed by atoms with Gasteiger partial charge >= 0.3 is 0 Å². The first-order chi connectivity index (χ1) is 9.43. The van der Waals surface area contributed by atoms with Crippen molar-refractivity contribution < 1.29 is 0 Å². The predicted molar refractivity (Wildman–Crippen MR) is 78.3 cm³/mol. The van der Waals surface area contributed by atoms with Crippen LogP contribution in [0, 0.1) is 0 Å². The van der Waals surface area contributed by atoms with Crippen LogP contribution >= 0.6 is 11.3 Å². The Labute approximate surface area is 116 Å². The Hall–Kier alpha value is -2.20. The number of thiazole rings is 1. The van der Waals surface area contributed by atoms with Gasteiger partial charge in [-0.3, -0.25) is 4.98 Å². The molecule has 0 amide bonds. The van der Waals surface area contributed by atoms with E-state index < -0.39 is 0 Å². The molecule has 2 heterocycles. The van der Waals surface area contributed by atoms with Gasteiger partial charge in [-0.05, 0) is 23.3 Å². The lowest BCUT2D eigenvalue weighted by Crippen LogP contribution is -2.12. The predicted octanol–water partition coefficient (Wildman–Crippen LogP) is 3.74. The molecule has 1 aromatic carbocycles. The number of hydrogen-bond acceptors (Lipinski definition) is 4. The molecule has 94 valence electrons. The molecule has 0 saturated carbocycles. The maximum atomic E-state index is 4.30. The summed E-state index contributed by atoms with van der Waals surface area (Å²) >= 11 is 1.60. The van der Waals surface area contributed by atoms with Crippen molar-refractivity contribution in [1.82, 2.24) is 9.97 Å². The average molecular weight is 267 g/mol. The number of pyridine rings is 1. The number of nitrogens with one attached hydrogen (secondary N) is 1. The van der Waals surface area contributed by atoms with E-state index in [-0.39, 0.29) is 6.04 Å². The fourth-order valence-electron chi connectivity index (χ4n) is 1.98. The third-order valence-corrected chi connectivity index (χ3v) is 3.58. The lowest BCUT2D eigenvalue weighted by molar-refractivity contribution is 0.930. The van der Waals surface area contributed by atoms with Crippen molar-refractivity contribution in [2.24, 2.45) is 0 Å². The van der Waals surface area contributed by atoms with Crippen LogP contribution in [0.4, 0.5) is 5.13 Å². The maximum Gasteiger partial charge on any atom is 0.183 e. The van der Waals surface area contributed by atoms with E-state index in [1.807, 2.05) is 54.3 Å². The zero-order valence-electron chi connectivity index (χ0n) is 10.2. The van der Waals surface area contributed by atoms with Crippen LogP contribution in [0.25, 0.3) is 0 Å². The number of rotatable bonds is 4. The van der Waals surface area contributed by atoms with Gasteiger partial charge in [0, 0.05) is 24.0 Å². The second-order valence-corrected chi connectivity index (χ2v) is 5.00. The van der Waals surface area contributed by atoms with E-state index in [9.17, 15) is 0 Å². The third kappa shape index (κ3) is 2.80. The summed E-state index contributed by atoms with van der Waals surface area (Å²) in [7, 11) is 0.